The Morgan fingerprint density at radius 2 is 1.96 bits per heavy atom. The maximum absolute atomic E-state index is 13.2. The largest absolute Gasteiger partial charge is 0.381 e. The van der Waals surface area contributed by atoms with Crippen LogP contribution < -0.4 is 10.6 Å². The van der Waals surface area contributed by atoms with Gasteiger partial charge in [0.15, 0.2) is 9.84 Å². The standard InChI is InChI=1S/C18H19FN2O3S/c19-15-5-1-3-13(9-15)11-20-16-6-2-4-14(10-16)18(22)21-17-7-8-25(23,24)12-17/h1-6,9-10,17,20H,7-8,11-12H2,(H,21,22)/t17-/m0/s1. The highest BCUT2D eigenvalue weighted by atomic mass is 32.2. The van der Waals surface area contributed by atoms with Gasteiger partial charge in [-0.15, -0.1) is 0 Å². The zero-order chi connectivity index (χ0) is 17.9. The number of rotatable bonds is 5. The molecule has 2 aromatic rings. The first kappa shape index (κ1) is 17.4. The molecule has 0 aliphatic carbocycles. The first-order valence-corrected chi connectivity index (χ1v) is 9.83. The van der Waals surface area contributed by atoms with Crippen LogP contribution in [0.1, 0.15) is 22.3 Å². The Bertz CT molecular complexity index is 883. The molecule has 2 N–H and O–H groups in total. The monoisotopic (exact) mass is 362 g/mol. The molecule has 25 heavy (non-hydrogen) atoms. The summed E-state index contributed by atoms with van der Waals surface area (Å²) < 4.78 is 36.1. The zero-order valence-electron chi connectivity index (χ0n) is 13.5. The average molecular weight is 362 g/mol. The van der Waals surface area contributed by atoms with Gasteiger partial charge in [-0.25, -0.2) is 12.8 Å². The molecule has 0 aromatic heterocycles. The van der Waals surface area contributed by atoms with Gasteiger partial charge in [0.1, 0.15) is 5.82 Å². The molecule has 5 nitrogen and oxygen atoms in total. The number of benzene rings is 2. The van der Waals surface area contributed by atoms with Crippen LogP contribution in [0.4, 0.5) is 10.1 Å². The normalized spacial score (nSPS) is 18.7. The second-order valence-electron chi connectivity index (χ2n) is 6.14. The molecule has 0 bridgehead atoms. The number of halogens is 1. The molecule has 1 aliphatic heterocycles. The molecule has 0 saturated carbocycles. The Morgan fingerprint density at radius 3 is 2.68 bits per heavy atom. The van der Waals surface area contributed by atoms with Gasteiger partial charge in [0.2, 0.25) is 0 Å². The van der Waals surface area contributed by atoms with Crippen molar-refractivity contribution in [2.24, 2.45) is 0 Å². The van der Waals surface area contributed by atoms with Crippen LogP contribution in [-0.4, -0.2) is 31.9 Å². The number of carbonyl (C=O) groups is 1. The summed E-state index contributed by atoms with van der Waals surface area (Å²) >= 11 is 0. The molecule has 1 aliphatic rings. The molecule has 1 saturated heterocycles. The maximum atomic E-state index is 13.2. The third-order valence-corrected chi connectivity index (χ3v) is 5.85. The lowest BCUT2D eigenvalue weighted by Gasteiger charge is -2.12. The first-order valence-electron chi connectivity index (χ1n) is 8.01. The van der Waals surface area contributed by atoms with E-state index in [1.54, 1.807) is 24.3 Å². The minimum Gasteiger partial charge on any atom is -0.381 e. The van der Waals surface area contributed by atoms with E-state index in [9.17, 15) is 17.6 Å². The van der Waals surface area contributed by atoms with Crippen LogP contribution in [0.5, 0.6) is 0 Å². The molecule has 0 unspecified atom stereocenters. The van der Waals surface area contributed by atoms with E-state index in [4.69, 9.17) is 0 Å². The number of hydrogen-bond acceptors (Lipinski definition) is 4. The molecular weight excluding hydrogens is 343 g/mol. The Labute approximate surface area is 146 Å². The fourth-order valence-electron chi connectivity index (χ4n) is 2.80. The minimum absolute atomic E-state index is 0.00372. The number of anilines is 1. The fourth-order valence-corrected chi connectivity index (χ4v) is 4.47. The summed E-state index contributed by atoms with van der Waals surface area (Å²) in [5.74, 6) is -0.473. The van der Waals surface area contributed by atoms with Crippen LogP contribution >= 0.6 is 0 Å². The Morgan fingerprint density at radius 1 is 1.16 bits per heavy atom. The molecule has 1 fully saturated rings. The second kappa shape index (κ2) is 7.23. The van der Waals surface area contributed by atoms with E-state index in [1.165, 1.54) is 12.1 Å². The molecular formula is C18H19FN2O3S. The van der Waals surface area contributed by atoms with E-state index in [0.29, 0.717) is 18.5 Å². The van der Waals surface area contributed by atoms with Gasteiger partial charge in [0.05, 0.1) is 11.5 Å². The van der Waals surface area contributed by atoms with E-state index >= 15 is 0 Å². The molecule has 2 aromatic carbocycles. The van der Waals surface area contributed by atoms with Crippen LogP contribution in [-0.2, 0) is 16.4 Å². The van der Waals surface area contributed by atoms with Crippen molar-refractivity contribution in [1.82, 2.24) is 5.32 Å². The highest BCUT2D eigenvalue weighted by Gasteiger charge is 2.29. The van der Waals surface area contributed by atoms with Crippen LogP contribution in [0.15, 0.2) is 48.5 Å². The van der Waals surface area contributed by atoms with Gasteiger partial charge in [-0.05, 0) is 42.3 Å². The van der Waals surface area contributed by atoms with Crippen molar-refractivity contribution in [2.45, 2.75) is 19.0 Å². The highest BCUT2D eigenvalue weighted by molar-refractivity contribution is 7.91. The fraction of sp³-hybridized carbons (Fsp3) is 0.278. The molecule has 3 rings (SSSR count). The number of sulfone groups is 1. The third kappa shape index (κ3) is 4.79. The predicted octanol–water partition coefficient (Wildman–Crippen LogP) is 2.35. The lowest BCUT2D eigenvalue weighted by molar-refractivity contribution is 0.0941. The number of carbonyl (C=O) groups excluding carboxylic acids is 1. The van der Waals surface area contributed by atoms with Gasteiger partial charge < -0.3 is 10.6 Å². The number of amides is 1. The van der Waals surface area contributed by atoms with Gasteiger partial charge in [-0.3, -0.25) is 4.79 Å². The molecule has 7 heteroatoms. The van der Waals surface area contributed by atoms with Crippen molar-refractivity contribution in [3.63, 3.8) is 0 Å². The Balaban J connectivity index is 1.62. The lowest BCUT2D eigenvalue weighted by atomic mass is 10.1. The van der Waals surface area contributed by atoms with Gasteiger partial charge in [0.25, 0.3) is 5.91 Å². The Hall–Kier alpha value is -2.41. The third-order valence-electron chi connectivity index (χ3n) is 4.08. The molecule has 1 amide bonds. The van der Waals surface area contributed by atoms with E-state index in [-0.39, 0.29) is 29.3 Å². The summed E-state index contributed by atoms with van der Waals surface area (Å²) in [5.41, 5.74) is 1.98. The molecule has 0 spiro atoms. The number of nitrogens with one attached hydrogen (secondary N) is 2. The smallest absolute Gasteiger partial charge is 0.251 e. The number of hydrogen-bond donors (Lipinski definition) is 2. The zero-order valence-corrected chi connectivity index (χ0v) is 14.4. The molecule has 132 valence electrons. The summed E-state index contributed by atoms with van der Waals surface area (Å²) in [7, 11) is -3.03. The molecule has 1 heterocycles. The minimum atomic E-state index is -3.03. The summed E-state index contributed by atoms with van der Waals surface area (Å²) in [6.45, 7) is 0.434. The second-order valence-corrected chi connectivity index (χ2v) is 8.37. The van der Waals surface area contributed by atoms with Crippen LogP contribution in [0.3, 0.4) is 0 Å². The van der Waals surface area contributed by atoms with Crippen LogP contribution in [0, 0.1) is 5.82 Å². The van der Waals surface area contributed by atoms with Gasteiger partial charge in [-0.2, -0.15) is 0 Å². The first-order chi connectivity index (χ1) is 11.9. The summed E-state index contributed by atoms with van der Waals surface area (Å²) in [6, 6.07) is 12.9. The quantitative estimate of drug-likeness (QED) is 0.856. The maximum Gasteiger partial charge on any atom is 0.251 e. The van der Waals surface area contributed by atoms with Gasteiger partial charge >= 0.3 is 0 Å². The van der Waals surface area contributed by atoms with Crippen molar-refractivity contribution in [3.05, 3.63) is 65.5 Å². The Kier molecular flexibility index (Phi) is 5.03. The van der Waals surface area contributed by atoms with E-state index < -0.39 is 9.84 Å². The van der Waals surface area contributed by atoms with E-state index in [1.807, 2.05) is 12.1 Å². The van der Waals surface area contributed by atoms with Crippen molar-refractivity contribution >= 4 is 21.4 Å². The summed E-state index contributed by atoms with van der Waals surface area (Å²) in [5, 5.41) is 5.91. The topological polar surface area (TPSA) is 75.3 Å². The summed E-state index contributed by atoms with van der Waals surface area (Å²) in [4.78, 5) is 12.3. The molecule has 1 atom stereocenters. The van der Waals surface area contributed by atoms with Crippen molar-refractivity contribution in [3.8, 4) is 0 Å². The lowest BCUT2D eigenvalue weighted by Crippen LogP contribution is -2.35. The highest BCUT2D eigenvalue weighted by Crippen LogP contribution is 2.15. The van der Waals surface area contributed by atoms with Crippen molar-refractivity contribution < 1.29 is 17.6 Å². The van der Waals surface area contributed by atoms with Crippen molar-refractivity contribution in [1.29, 1.82) is 0 Å². The van der Waals surface area contributed by atoms with Gasteiger partial charge in [0, 0.05) is 23.8 Å². The molecule has 0 radical (unpaired) electrons. The predicted molar refractivity (Wildman–Crippen MR) is 94.7 cm³/mol. The van der Waals surface area contributed by atoms with E-state index in [2.05, 4.69) is 10.6 Å². The van der Waals surface area contributed by atoms with Crippen molar-refractivity contribution in [2.75, 3.05) is 16.8 Å². The summed E-state index contributed by atoms with van der Waals surface area (Å²) in [6.07, 6.45) is 0.450. The van der Waals surface area contributed by atoms with E-state index in [0.717, 1.165) is 11.3 Å². The van der Waals surface area contributed by atoms with Crippen LogP contribution in [0.25, 0.3) is 0 Å². The van der Waals surface area contributed by atoms with Gasteiger partial charge in [-0.1, -0.05) is 18.2 Å². The average Bonchev–Trinajstić information content (AvgIpc) is 2.92. The SMILES string of the molecule is O=C(N[C@H]1CCS(=O)(=O)C1)c1cccc(NCc2cccc(F)c2)c1. The van der Waals surface area contributed by atoms with Crippen LogP contribution in [0.2, 0.25) is 0 Å².